The van der Waals surface area contributed by atoms with Crippen molar-refractivity contribution >= 4 is 23.4 Å². The fourth-order valence-electron chi connectivity index (χ4n) is 2.48. The largest absolute Gasteiger partial charge is 0.497 e. The van der Waals surface area contributed by atoms with Crippen LogP contribution < -0.4 is 10.1 Å². The van der Waals surface area contributed by atoms with Crippen molar-refractivity contribution in [3.8, 4) is 5.75 Å². The summed E-state index contributed by atoms with van der Waals surface area (Å²) < 4.78 is 5.15. The second kappa shape index (κ2) is 6.02. The molecular weight excluding hydrogens is 298 g/mol. The van der Waals surface area contributed by atoms with Gasteiger partial charge in [0, 0.05) is 4.90 Å². The molecule has 114 valence electrons. The van der Waals surface area contributed by atoms with Crippen LogP contribution in [-0.4, -0.2) is 24.2 Å². The summed E-state index contributed by atoms with van der Waals surface area (Å²) in [6.45, 7) is 1.94. The fraction of sp³-hybridized carbons (Fsp3) is 0.235. The highest BCUT2D eigenvalue weighted by Gasteiger charge is 2.33. The Bertz CT molecular complexity index is 700. The summed E-state index contributed by atoms with van der Waals surface area (Å²) in [5, 5.41) is 12.9. The van der Waals surface area contributed by atoms with Crippen molar-refractivity contribution in [2.45, 2.75) is 23.2 Å². The zero-order chi connectivity index (χ0) is 15.7. The molecule has 0 saturated carbocycles. The predicted molar refractivity (Wildman–Crippen MR) is 87.4 cm³/mol. The van der Waals surface area contributed by atoms with Gasteiger partial charge in [-0.25, -0.2) is 0 Å². The fourth-order valence-corrected chi connectivity index (χ4v) is 3.79. The average Bonchev–Trinajstić information content (AvgIpc) is 2.66. The summed E-state index contributed by atoms with van der Waals surface area (Å²) in [6.07, 6.45) is -1.11. The van der Waals surface area contributed by atoms with Gasteiger partial charge in [-0.05, 0) is 36.2 Å². The number of amides is 1. The lowest BCUT2D eigenvalue weighted by atomic mass is 10.1. The van der Waals surface area contributed by atoms with E-state index in [0.29, 0.717) is 0 Å². The van der Waals surface area contributed by atoms with Gasteiger partial charge in [-0.3, -0.25) is 4.79 Å². The van der Waals surface area contributed by atoms with Gasteiger partial charge in [0.2, 0.25) is 0 Å². The number of benzene rings is 2. The SMILES string of the molecule is COc1ccc([C@H]2Sc3cccc(C)c3NC(=O)[C@@H]2O)cc1. The number of nitrogens with one attached hydrogen (secondary N) is 1. The summed E-state index contributed by atoms with van der Waals surface area (Å²) in [5.74, 6) is 0.374. The molecule has 2 atom stereocenters. The molecule has 0 bridgehead atoms. The lowest BCUT2D eigenvalue weighted by Gasteiger charge is -2.19. The number of thioether (sulfide) groups is 1. The summed E-state index contributed by atoms with van der Waals surface area (Å²) in [6, 6.07) is 13.3. The lowest BCUT2D eigenvalue weighted by Crippen LogP contribution is -2.30. The smallest absolute Gasteiger partial charge is 0.254 e. The van der Waals surface area contributed by atoms with E-state index in [1.807, 2.05) is 49.4 Å². The van der Waals surface area contributed by atoms with Crippen LogP contribution in [0.15, 0.2) is 47.4 Å². The zero-order valence-corrected chi connectivity index (χ0v) is 13.2. The van der Waals surface area contributed by atoms with Gasteiger partial charge in [0.05, 0.1) is 18.0 Å². The number of hydrogen-bond donors (Lipinski definition) is 2. The van der Waals surface area contributed by atoms with E-state index in [9.17, 15) is 9.90 Å². The van der Waals surface area contributed by atoms with Crippen molar-refractivity contribution < 1.29 is 14.6 Å². The number of aryl methyl sites for hydroxylation is 1. The first-order valence-corrected chi connectivity index (χ1v) is 7.87. The van der Waals surface area contributed by atoms with Gasteiger partial charge < -0.3 is 15.2 Å². The number of methoxy groups -OCH3 is 1. The molecule has 1 amide bonds. The van der Waals surface area contributed by atoms with Crippen molar-refractivity contribution in [1.82, 2.24) is 0 Å². The van der Waals surface area contributed by atoms with Gasteiger partial charge in [0.15, 0.2) is 0 Å². The standard InChI is InChI=1S/C17H17NO3S/c1-10-4-3-5-13-14(10)18-17(20)15(19)16(22-13)11-6-8-12(21-2)9-7-11/h3-9,15-16,19H,1-2H3,(H,18,20)/t15-,16-/m1/s1. The highest BCUT2D eigenvalue weighted by molar-refractivity contribution is 7.99. The first-order chi connectivity index (χ1) is 10.6. The number of anilines is 1. The molecule has 2 N–H and O–H groups in total. The van der Waals surface area contributed by atoms with Crippen LogP contribution in [0.2, 0.25) is 0 Å². The maximum absolute atomic E-state index is 12.2. The second-order valence-electron chi connectivity index (χ2n) is 5.19. The summed E-state index contributed by atoms with van der Waals surface area (Å²) in [7, 11) is 1.61. The molecule has 5 heteroatoms. The molecule has 0 saturated heterocycles. The van der Waals surface area contributed by atoms with E-state index in [1.54, 1.807) is 7.11 Å². The van der Waals surface area contributed by atoms with Gasteiger partial charge in [-0.15, -0.1) is 11.8 Å². The first kappa shape index (κ1) is 14.9. The van der Waals surface area contributed by atoms with E-state index in [4.69, 9.17) is 4.74 Å². The van der Waals surface area contributed by atoms with Crippen molar-refractivity contribution in [1.29, 1.82) is 0 Å². The minimum atomic E-state index is -1.11. The van der Waals surface area contributed by atoms with E-state index in [1.165, 1.54) is 11.8 Å². The van der Waals surface area contributed by atoms with Crippen LogP contribution in [0, 0.1) is 6.92 Å². The Labute approximate surface area is 133 Å². The third kappa shape index (κ3) is 2.69. The minimum Gasteiger partial charge on any atom is -0.497 e. The Hall–Kier alpha value is -1.98. The zero-order valence-electron chi connectivity index (χ0n) is 12.4. The Morgan fingerprint density at radius 1 is 1.18 bits per heavy atom. The molecule has 0 unspecified atom stereocenters. The van der Waals surface area contributed by atoms with E-state index in [-0.39, 0.29) is 11.2 Å². The number of ether oxygens (including phenoxy) is 1. The number of aliphatic hydroxyl groups is 1. The Kier molecular flexibility index (Phi) is 4.09. The molecule has 22 heavy (non-hydrogen) atoms. The van der Waals surface area contributed by atoms with Crippen molar-refractivity contribution in [2.24, 2.45) is 0 Å². The molecule has 2 aromatic carbocycles. The maximum Gasteiger partial charge on any atom is 0.254 e. The van der Waals surface area contributed by atoms with Gasteiger partial charge in [-0.1, -0.05) is 24.3 Å². The molecule has 4 nitrogen and oxygen atoms in total. The van der Waals surface area contributed by atoms with Crippen molar-refractivity contribution in [3.05, 3.63) is 53.6 Å². The minimum absolute atomic E-state index is 0.353. The van der Waals surface area contributed by atoms with Crippen LogP contribution in [0.3, 0.4) is 0 Å². The average molecular weight is 315 g/mol. The number of fused-ring (bicyclic) bond motifs is 1. The van der Waals surface area contributed by atoms with Gasteiger partial charge in [-0.2, -0.15) is 0 Å². The second-order valence-corrected chi connectivity index (χ2v) is 6.38. The molecule has 0 fully saturated rings. The lowest BCUT2D eigenvalue weighted by molar-refractivity contribution is -0.124. The van der Waals surface area contributed by atoms with Crippen LogP contribution in [-0.2, 0) is 4.79 Å². The van der Waals surface area contributed by atoms with Crippen LogP contribution in [0.4, 0.5) is 5.69 Å². The molecule has 3 rings (SSSR count). The van der Waals surface area contributed by atoms with Crippen molar-refractivity contribution in [3.63, 3.8) is 0 Å². The monoisotopic (exact) mass is 315 g/mol. The molecule has 0 aromatic heterocycles. The molecule has 1 heterocycles. The molecule has 2 aromatic rings. The van der Waals surface area contributed by atoms with E-state index < -0.39 is 6.10 Å². The quantitative estimate of drug-likeness (QED) is 0.894. The Morgan fingerprint density at radius 2 is 1.91 bits per heavy atom. The van der Waals surface area contributed by atoms with Crippen LogP contribution in [0.5, 0.6) is 5.75 Å². The van der Waals surface area contributed by atoms with Gasteiger partial charge in [0.25, 0.3) is 5.91 Å². The highest BCUT2D eigenvalue weighted by Crippen LogP contribution is 2.44. The number of rotatable bonds is 2. The first-order valence-electron chi connectivity index (χ1n) is 6.99. The normalized spacial score (nSPS) is 20.8. The molecule has 0 radical (unpaired) electrons. The van der Waals surface area contributed by atoms with Crippen LogP contribution in [0.25, 0.3) is 0 Å². The summed E-state index contributed by atoms with van der Waals surface area (Å²) in [5.41, 5.74) is 2.66. The van der Waals surface area contributed by atoms with E-state index in [2.05, 4.69) is 5.32 Å². The summed E-state index contributed by atoms with van der Waals surface area (Å²) >= 11 is 1.50. The summed E-state index contributed by atoms with van der Waals surface area (Å²) in [4.78, 5) is 13.2. The number of para-hydroxylation sites is 1. The van der Waals surface area contributed by atoms with E-state index in [0.717, 1.165) is 27.5 Å². The number of carbonyl (C=O) groups is 1. The topological polar surface area (TPSA) is 58.6 Å². The van der Waals surface area contributed by atoms with Crippen molar-refractivity contribution in [2.75, 3.05) is 12.4 Å². The molecule has 0 aliphatic carbocycles. The molecule has 1 aliphatic rings. The Balaban J connectivity index is 2.01. The predicted octanol–water partition coefficient (Wildman–Crippen LogP) is 3.15. The Morgan fingerprint density at radius 3 is 2.59 bits per heavy atom. The number of hydrogen-bond acceptors (Lipinski definition) is 4. The third-order valence-corrected chi connectivity index (χ3v) is 5.11. The third-order valence-electron chi connectivity index (χ3n) is 3.74. The molecule has 0 spiro atoms. The molecular formula is C17H17NO3S. The van der Waals surface area contributed by atoms with Crippen LogP contribution in [0.1, 0.15) is 16.4 Å². The van der Waals surface area contributed by atoms with Gasteiger partial charge in [0.1, 0.15) is 11.9 Å². The van der Waals surface area contributed by atoms with Gasteiger partial charge >= 0.3 is 0 Å². The maximum atomic E-state index is 12.2. The van der Waals surface area contributed by atoms with Crippen LogP contribution >= 0.6 is 11.8 Å². The van der Waals surface area contributed by atoms with E-state index >= 15 is 0 Å². The number of aliphatic hydroxyl groups excluding tert-OH is 1. The number of carbonyl (C=O) groups excluding carboxylic acids is 1. The highest BCUT2D eigenvalue weighted by atomic mass is 32.2. The molecule has 1 aliphatic heterocycles.